The average molecular weight is 575 g/mol. The van der Waals surface area contributed by atoms with Gasteiger partial charge in [-0.3, -0.25) is 14.4 Å². The van der Waals surface area contributed by atoms with Crippen molar-refractivity contribution in [3.8, 4) is 5.75 Å². The van der Waals surface area contributed by atoms with Gasteiger partial charge in [-0.1, -0.05) is 30.6 Å². The van der Waals surface area contributed by atoms with E-state index in [1.54, 1.807) is 37.2 Å². The highest BCUT2D eigenvalue weighted by molar-refractivity contribution is 6.31. The maximum absolute atomic E-state index is 13.6. The maximum atomic E-state index is 13.6. The Morgan fingerprint density at radius 2 is 1.75 bits per heavy atom. The third-order valence-corrected chi connectivity index (χ3v) is 7.78. The Hall–Kier alpha value is -3.07. The summed E-state index contributed by atoms with van der Waals surface area (Å²) in [5, 5.41) is 4.42. The van der Waals surface area contributed by atoms with E-state index >= 15 is 0 Å². The van der Waals surface area contributed by atoms with Crippen molar-refractivity contribution in [2.45, 2.75) is 72.3 Å². The Labute approximate surface area is 242 Å². The van der Waals surface area contributed by atoms with E-state index in [4.69, 9.17) is 20.9 Å². The van der Waals surface area contributed by atoms with Gasteiger partial charge in [-0.15, -0.1) is 0 Å². The Kier molecular flexibility index (Phi) is 11.4. The molecule has 0 radical (unpaired) electrons. The molecule has 9 nitrogen and oxygen atoms in total. The molecule has 2 heterocycles. The van der Waals surface area contributed by atoms with Crippen LogP contribution in [0.5, 0.6) is 5.75 Å². The second kappa shape index (κ2) is 14.5. The van der Waals surface area contributed by atoms with Crippen LogP contribution in [0.15, 0.2) is 22.7 Å². The number of amides is 3. The van der Waals surface area contributed by atoms with Crippen LogP contribution >= 0.6 is 11.6 Å². The van der Waals surface area contributed by atoms with Gasteiger partial charge in [0.05, 0.1) is 17.9 Å². The summed E-state index contributed by atoms with van der Waals surface area (Å²) < 4.78 is 11.3. The summed E-state index contributed by atoms with van der Waals surface area (Å²) in [5.41, 5.74) is 2.14. The molecule has 0 fully saturated rings. The molecule has 10 heteroatoms. The fraction of sp³-hybridized carbons (Fsp3) is 0.600. The van der Waals surface area contributed by atoms with Crippen LogP contribution in [0.1, 0.15) is 73.3 Å². The normalized spacial score (nSPS) is 18.5. The lowest BCUT2D eigenvalue weighted by Gasteiger charge is -2.33. The monoisotopic (exact) mass is 574 g/mol. The SMILES string of the molecule is Cc1noc(C)c1CCC(=O)N1CCCCOc2ccc(Cl)cc2C(=O)N(C)[C@@H](C(C)C)C(=O)N(C)CCCC1. The van der Waals surface area contributed by atoms with E-state index in [1.807, 2.05) is 32.6 Å². The summed E-state index contributed by atoms with van der Waals surface area (Å²) in [5.74, 6) is 0.755. The van der Waals surface area contributed by atoms with Gasteiger partial charge in [-0.2, -0.15) is 0 Å². The molecule has 0 bridgehead atoms. The largest absolute Gasteiger partial charge is 0.493 e. The number of nitrogens with zero attached hydrogens (tertiary/aromatic N) is 4. The van der Waals surface area contributed by atoms with Crippen LogP contribution in [0.2, 0.25) is 5.02 Å². The highest BCUT2D eigenvalue weighted by Gasteiger charge is 2.33. The molecule has 1 aromatic heterocycles. The van der Waals surface area contributed by atoms with E-state index in [0.29, 0.717) is 55.4 Å². The number of hydrogen-bond acceptors (Lipinski definition) is 6. The summed E-state index contributed by atoms with van der Waals surface area (Å²) in [6.07, 6.45) is 3.98. The third kappa shape index (κ3) is 7.99. The van der Waals surface area contributed by atoms with Crippen LogP contribution in [0.3, 0.4) is 0 Å². The standard InChI is InChI=1S/C30H43ClN4O5/c1-20(2)28-30(38)33(5)15-7-8-16-35(27(36)14-12-24-21(3)32-40-22(24)4)17-9-10-18-39-26-13-11-23(31)19-25(26)29(37)34(28)6/h11,13,19-20,28H,7-10,12,14-18H2,1-6H3/t28-/m0/s1. The Balaban J connectivity index is 1.78. The molecule has 0 N–H and O–H groups in total. The zero-order valence-electron chi connectivity index (χ0n) is 24.7. The topological polar surface area (TPSA) is 96.2 Å². The van der Waals surface area contributed by atoms with Crippen molar-refractivity contribution in [3.05, 3.63) is 45.8 Å². The lowest BCUT2D eigenvalue weighted by Crippen LogP contribution is -2.51. The predicted octanol–water partition coefficient (Wildman–Crippen LogP) is 4.91. The first-order valence-electron chi connectivity index (χ1n) is 14.1. The van der Waals surface area contributed by atoms with Gasteiger partial charge in [-0.05, 0) is 70.1 Å². The fourth-order valence-electron chi connectivity index (χ4n) is 5.19. The minimum absolute atomic E-state index is 0.0929. The quantitative estimate of drug-likeness (QED) is 0.514. The molecule has 3 amide bonds. The molecular weight excluding hydrogens is 532 g/mol. The van der Waals surface area contributed by atoms with Crippen molar-refractivity contribution in [3.63, 3.8) is 0 Å². The molecule has 0 unspecified atom stereocenters. The molecule has 220 valence electrons. The lowest BCUT2D eigenvalue weighted by molar-refractivity contribution is -0.136. The third-order valence-electron chi connectivity index (χ3n) is 7.54. The van der Waals surface area contributed by atoms with Crippen molar-refractivity contribution in [1.82, 2.24) is 19.9 Å². The molecule has 40 heavy (non-hydrogen) atoms. The van der Waals surface area contributed by atoms with Crippen LogP contribution in [0, 0.1) is 19.8 Å². The number of fused-ring (bicyclic) bond motifs is 1. The summed E-state index contributed by atoms with van der Waals surface area (Å²) >= 11 is 6.25. The van der Waals surface area contributed by atoms with Crippen molar-refractivity contribution in [2.75, 3.05) is 40.3 Å². The van der Waals surface area contributed by atoms with E-state index in [2.05, 4.69) is 5.16 Å². The van der Waals surface area contributed by atoms with Gasteiger partial charge in [0.15, 0.2) is 0 Å². The van der Waals surface area contributed by atoms with E-state index in [-0.39, 0.29) is 23.6 Å². The van der Waals surface area contributed by atoms with Crippen molar-refractivity contribution < 1.29 is 23.6 Å². The van der Waals surface area contributed by atoms with Crippen molar-refractivity contribution in [1.29, 1.82) is 0 Å². The van der Waals surface area contributed by atoms with Crippen molar-refractivity contribution in [2.24, 2.45) is 5.92 Å². The first-order chi connectivity index (χ1) is 19.0. The number of benzene rings is 1. The molecule has 0 saturated carbocycles. The number of carbonyl (C=O) groups is 3. The van der Waals surface area contributed by atoms with Gasteiger partial charge in [0.1, 0.15) is 17.6 Å². The maximum Gasteiger partial charge on any atom is 0.258 e. The van der Waals surface area contributed by atoms with Gasteiger partial charge in [0.25, 0.3) is 5.91 Å². The Morgan fingerprint density at radius 1 is 1.07 bits per heavy atom. The van der Waals surface area contributed by atoms with E-state index in [9.17, 15) is 14.4 Å². The van der Waals surface area contributed by atoms with Crippen LogP contribution in [-0.2, 0) is 16.0 Å². The van der Waals surface area contributed by atoms with Gasteiger partial charge < -0.3 is 24.0 Å². The number of likely N-dealkylation sites (N-methyl/N-ethyl adjacent to an activating group) is 2. The number of halogens is 1. The fourth-order valence-corrected chi connectivity index (χ4v) is 5.37. The summed E-state index contributed by atoms with van der Waals surface area (Å²) in [4.78, 5) is 45.4. The van der Waals surface area contributed by atoms with E-state index in [1.165, 1.54) is 4.90 Å². The number of ether oxygens (including phenoxy) is 1. The Morgan fingerprint density at radius 3 is 2.40 bits per heavy atom. The molecule has 1 aromatic carbocycles. The molecule has 1 aliphatic heterocycles. The second-order valence-electron chi connectivity index (χ2n) is 11.0. The number of carbonyl (C=O) groups excluding carboxylic acids is 3. The molecule has 1 atom stereocenters. The molecule has 0 saturated heterocycles. The van der Waals surface area contributed by atoms with Crippen LogP contribution in [0.25, 0.3) is 0 Å². The van der Waals surface area contributed by atoms with E-state index in [0.717, 1.165) is 42.7 Å². The zero-order valence-corrected chi connectivity index (χ0v) is 25.4. The van der Waals surface area contributed by atoms with E-state index < -0.39 is 6.04 Å². The van der Waals surface area contributed by atoms with Gasteiger partial charge in [-0.25, -0.2) is 0 Å². The Bertz CT molecular complexity index is 1160. The summed E-state index contributed by atoms with van der Waals surface area (Å²) in [6.45, 7) is 9.80. The van der Waals surface area contributed by atoms with Gasteiger partial charge in [0, 0.05) is 50.7 Å². The highest BCUT2D eigenvalue weighted by Crippen LogP contribution is 2.26. The lowest BCUT2D eigenvalue weighted by atomic mass is 10.00. The van der Waals surface area contributed by atoms with Crippen LogP contribution < -0.4 is 4.74 Å². The smallest absolute Gasteiger partial charge is 0.258 e. The average Bonchev–Trinajstić information content (AvgIpc) is 3.24. The molecule has 2 aromatic rings. The second-order valence-corrected chi connectivity index (χ2v) is 11.4. The number of aryl methyl sites for hydroxylation is 2. The summed E-state index contributed by atoms with van der Waals surface area (Å²) in [7, 11) is 3.42. The first kappa shape index (κ1) is 31.5. The van der Waals surface area contributed by atoms with Crippen LogP contribution in [-0.4, -0.2) is 84.0 Å². The first-order valence-corrected chi connectivity index (χ1v) is 14.5. The molecule has 1 aliphatic rings. The summed E-state index contributed by atoms with van der Waals surface area (Å²) in [6, 6.07) is 4.34. The van der Waals surface area contributed by atoms with Gasteiger partial charge >= 0.3 is 0 Å². The number of hydrogen-bond donors (Lipinski definition) is 0. The van der Waals surface area contributed by atoms with Crippen LogP contribution in [0.4, 0.5) is 0 Å². The zero-order chi connectivity index (χ0) is 29.4. The molecule has 0 spiro atoms. The predicted molar refractivity (Wildman–Crippen MR) is 155 cm³/mol. The molecule has 3 rings (SSSR count). The van der Waals surface area contributed by atoms with Crippen molar-refractivity contribution >= 4 is 29.3 Å². The number of aromatic nitrogens is 1. The minimum Gasteiger partial charge on any atom is -0.493 e. The number of rotatable bonds is 4. The molecular formula is C30H43ClN4O5. The van der Waals surface area contributed by atoms with Gasteiger partial charge in [0.2, 0.25) is 11.8 Å². The highest BCUT2D eigenvalue weighted by atomic mass is 35.5. The minimum atomic E-state index is -0.637. The molecule has 0 aliphatic carbocycles.